The largest absolute Gasteiger partial charge is 0.463 e. The summed E-state index contributed by atoms with van der Waals surface area (Å²) in [4.78, 5) is 25.6. The number of morpholine rings is 1. The monoisotopic (exact) mass is 361 g/mol. The number of urea groups is 1. The van der Waals surface area contributed by atoms with Crippen LogP contribution >= 0.6 is 0 Å². The number of hydrogen-bond donors (Lipinski definition) is 2. The van der Waals surface area contributed by atoms with E-state index in [0.717, 1.165) is 31.9 Å². The molecule has 1 aromatic carbocycles. The Morgan fingerprint density at radius 2 is 1.96 bits per heavy atom. The maximum atomic E-state index is 12.0. The molecule has 1 saturated heterocycles. The number of ether oxygens (including phenoxy) is 2. The molecule has 2 N–H and O–H groups in total. The Bertz CT molecular complexity index is 610. The van der Waals surface area contributed by atoms with Crippen molar-refractivity contribution in [3.05, 3.63) is 35.9 Å². The van der Waals surface area contributed by atoms with Gasteiger partial charge in [0.05, 0.1) is 19.8 Å². The lowest BCUT2D eigenvalue weighted by Gasteiger charge is -2.32. The number of carbonyl (C=O) groups excluding carboxylic acids is 2. The number of nitrogens with one attached hydrogen (secondary N) is 2. The molecule has 1 aromatic rings. The molecule has 7 heteroatoms. The van der Waals surface area contributed by atoms with Gasteiger partial charge in [0.25, 0.3) is 0 Å². The van der Waals surface area contributed by atoms with E-state index in [1.54, 1.807) is 25.1 Å². The molecule has 0 radical (unpaired) electrons. The second-order valence-corrected chi connectivity index (χ2v) is 6.04. The maximum absolute atomic E-state index is 12.0. The van der Waals surface area contributed by atoms with Gasteiger partial charge in [-0.2, -0.15) is 0 Å². The first-order chi connectivity index (χ1) is 12.6. The predicted octanol–water partition coefficient (Wildman–Crippen LogP) is 2.11. The highest BCUT2D eigenvalue weighted by Crippen LogP contribution is 2.11. The molecule has 1 aliphatic rings. The number of carbonyl (C=O) groups is 2. The van der Waals surface area contributed by atoms with Gasteiger partial charge in [0.1, 0.15) is 0 Å². The van der Waals surface area contributed by atoms with Gasteiger partial charge in [-0.15, -0.1) is 0 Å². The topological polar surface area (TPSA) is 79.9 Å². The Balaban J connectivity index is 1.75. The zero-order chi connectivity index (χ0) is 18.8. The normalized spacial score (nSPS) is 16.2. The summed E-state index contributed by atoms with van der Waals surface area (Å²) in [6, 6.07) is 7.25. The van der Waals surface area contributed by atoms with Crippen LogP contribution in [0.25, 0.3) is 6.08 Å². The minimum Gasteiger partial charge on any atom is -0.463 e. The molecule has 1 heterocycles. The molecule has 142 valence electrons. The summed E-state index contributed by atoms with van der Waals surface area (Å²) in [5, 5.41) is 5.69. The molecule has 2 rings (SSSR count). The standard InChI is InChI=1S/C19H27N3O4/c1-3-26-18(23)9-6-16-4-7-17(8-5-16)21-19(24)20-14-15(2)22-10-12-25-13-11-22/h4-9,15H,3,10-14H2,1-2H3,(H2,20,21,24)/b9-6+/t15-/m1/s1. The quantitative estimate of drug-likeness (QED) is 0.574. The third-order valence-corrected chi connectivity index (χ3v) is 4.09. The number of hydrogen-bond acceptors (Lipinski definition) is 5. The fourth-order valence-corrected chi connectivity index (χ4v) is 2.60. The first-order valence-corrected chi connectivity index (χ1v) is 8.90. The van der Waals surface area contributed by atoms with Gasteiger partial charge in [-0.3, -0.25) is 4.90 Å². The summed E-state index contributed by atoms with van der Waals surface area (Å²) in [5.41, 5.74) is 1.54. The minimum atomic E-state index is -0.372. The van der Waals surface area contributed by atoms with Crippen molar-refractivity contribution in [2.24, 2.45) is 0 Å². The van der Waals surface area contributed by atoms with Crippen molar-refractivity contribution in [3.8, 4) is 0 Å². The van der Waals surface area contributed by atoms with Gasteiger partial charge in [-0.25, -0.2) is 9.59 Å². The zero-order valence-corrected chi connectivity index (χ0v) is 15.4. The van der Waals surface area contributed by atoms with E-state index in [0.29, 0.717) is 18.8 Å². The molecule has 1 aliphatic heterocycles. The van der Waals surface area contributed by atoms with Crippen LogP contribution in [0.5, 0.6) is 0 Å². The minimum absolute atomic E-state index is 0.236. The van der Waals surface area contributed by atoms with Crippen LogP contribution in [-0.4, -0.2) is 62.4 Å². The number of amides is 2. The van der Waals surface area contributed by atoms with Crippen LogP contribution in [0.3, 0.4) is 0 Å². The Labute approximate surface area is 154 Å². The van der Waals surface area contributed by atoms with Crippen LogP contribution < -0.4 is 10.6 Å². The Kier molecular flexibility index (Phi) is 8.11. The summed E-state index contributed by atoms with van der Waals surface area (Å²) >= 11 is 0. The molecule has 26 heavy (non-hydrogen) atoms. The smallest absolute Gasteiger partial charge is 0.330 e. The number of benzene rings is 1. The van der Waals surface area contributed by atoms with Crippen molar-refractivity contribution in [1.29, 1.82) is 0 Å². The van der Waals surface area contributed by atoms with Crippen molar-refractivity contribution >= 4 is 23.8 Å². The number of anilines is 1. The van der Waals surface area contributed by atoms with Crippen molar-refractivity contribution < 1.29 is 19.1 Å². The molecule has 0 aliphatic carbocycles. The van der Waals surface area contributed by atoms with Gasteiger partial charge in [-0.05, 0) is 37.6 Å². The van der Waals surface area contributed by atoms with Crippen LogP contribution in [0.15, 0.2) is 30.3 Å². The van der Waals surface area contributed by atoms with E-state index < -0.39 is 0 Å². The zero-order valence-electron chi connectivity index (χ0n) is 15.4. The van der Waals surface area contributed by atoms with Crippen molar-refractivity contribution in [1.82, 2.24) is 10.2 Å². The second-order valence-electron chi connectivity index (χ2n) is 6.04. The van der Waals surface area contributed by atoms with Crippen molar-refractivity contribution in [3.63, 3.8) is 0 Å². The molecule has 1 atom stereocenters. The van der Waals surface area contributed by atoms with Gasteiger partial charge in [0, 0.05) is 37.4 Å². The Morgan fingerprint density at radius 1 is 1.27 bits per heavy atom. The molecule has 0 aromatic heterocycles. The van der Waals surface area contributed by atoms with Crippen molar-refractivity contribution in [2.45, 2.75) is 19.9 Å². The molecule has 7 nitrogen and oxygen atoms in total. The van der Waals surface area contributed by atoms with Crippen LogP contribution in [-0.2, 0) is 14.3 Å². The second kappa shape index (κ2) is 10.6. The lowest BCUT2D eigenvalue weighted by molar-refractivity contribution is -0.137. The number of nitrogens with zero attached hydrogens (tertiary/aromatic N) is 1. The third-order valence-electron chi connectivity index (χ3n) is 4.09. The maximum Gasteiger partial charge on any atom is 0.330 e. The van der Waals surface area contributed by atoms with Gasteiger partial charge in [0.2, 0.25) is 0 Å². The van der Waals surface area contributed by atoms with E-state index in [1.807, 2.05) is 12.1 Å². The van der Waals surface area contributed by atoms with E-state index in [1.165, 1.54) is 6.08 Å². The van der Waals surface area contributed by atoms with E-state index in [9.17, 15) is 9.59 Å². The lowest BCUT2D eigenvalue weighted by atomic mass is 10.2. The molecule has 0 spiro atoms. The highest BCUT2D eigenvalue weighted by atomic mass is 16.5. The summed E-state index contributed by atoms with van der Waals surface area (Å²) in [5.74, 6) is -0.372. The fraction of sp³-hybridized carbons (Fsp3) is 0.474. The van der Waals surface area contributed by atoms with Gasteiger partial charge < -0.3 is 20.1 Å². The van der Waals surface area contributed by atoms with Crippen LogP contribution in [0.2, 0.25) is 0 Å². The Hall–Kier alpha value is -2.38. The van der Waals surface area contributed by atoms with Gasteiger partial charge in [0.15, 0.2) is 0 Å². The first kappa shape index (κ1) is 19.9. The average Bonchev–Trinajstić information content (AvgIpc) is 2.66. The summed E-state index contributed by atoms with van der Waals surface area (Å²) in [6.07, 6.45) is 3.05. The number of rotatable bonds is 7. The average molecular weight is 361 g/mol. The van der Waals surface area contributed by atoms with Crippen LogP contribution in [0.1, 0.15) is 19.4 Å². The SMILES string of the molecule is CCOC(=O)/C=C/c1ccc(NC(=O)NC[C@@H](C)N2CCOCC2)cc1. The third kappa shape index (κ3) is 6.85. The van der Waals surface area contributed by atoms with E-state index in [2.05, 4.69) is 22.5 Å². The van der Waals surface area contributed by atoms with E-state index in [4.69, 9.17) is 9.47 Å². The van der Waals surface area contributed by atoms with Crippen molar-refractivity contribution in [2.75, 3.05) is 44.8 Å². The summed E-state index contributed by atoms with van der Waals surface area (Å²) in [6.45, 7) is 8.06. The Morgan fingerprint density at radius 3 is 2.62 bits per heavy atom. The molecular formula is C19H27N3O4. The lowest BCUT2D eigenvalue weighted by Crippen LogP contribution is -2.47. The van der Waals surface area contributed by atoms with E-state index in [-0.39, 0.29) is 18.0 Å². The summed E-state index contributed by atoms with van der Waals surface area (Å²) < 4.78 is 10.2. The predicted molar refractivity (Wildman–Crippen MR) is 101 cm³/mol. The number of esters is 1. The highest BCUT2D eigenvalue weighted by Gasteiger charge is 2.17. The van der Waals surface area contributed by atoms with Gasteiger partial charge >= 0.3 is 12.0 Å². The fourth-order valence-electron chi connectivity index (χ4n) is 2.60. The van der Waals surface area contributed by atoms with Crippen LogP contribution in [0.4, 0.5) is 10.5 Å². The molecule has 0 saturated carbocycles. The molecule has 0 unspecified atom stereocenters. The molecule has 0 bridgehead atoms. The molecule has 2 amide bonds. The molecular weight excluding hydrogens is 334 g/mol. The van der Waals surface area contributed by atoms with Crippen LogP contribution in [0, 0.1) is 0 Å². The van der Waals surface area contributed by atoms with Gasteiger partial charge in [-0.1, -0.05) is 12.1 Å². The first-order valence-electron chi connectivity index (χ1n) is 8.90. The summed E-state index contributed by atoms with van der Waals surface area (Å²) in [7, 11) is 0. The van der Waals surface area contributed by atoms with E-state index >= 15 is 0 Å². The highest BCUT2D eigenvalue weighted by molar-refractivity contribution is 5.90. The molecule has 1 fully saturated rings.